The van der Waals surface area contributed by atoms with E-state index in [1.165, 1.54) is 49.8 Å². The van der Waals surface area contributed by atoms with Gasteiger partial charge in [-0.3, -0.25) is 19.0 Å². The van der Waals surface area contributed by atoms with Crippen LogP contribution in [0.5, 0.6) is 0 Å². The summed E-state index contributed by atoms with van der Waals surface area (Å²) in [4.78, 5) is 33.5. The van der Waals surface area contributed by atoms with Crippen LogP contribution in [0, 0.1) is 5.41 Å². The summed E-state index contributed by atoms with van der Waals surface area (Å²) >= 11 is 6.06. The molecule has 0 spiro atoms. The maximum absolute atomic E-state index is 13.7. The summed E-state index contributed by atoms with van der Waals surface area (Å²) in [6, 6.07) is 4.29. The lowest BCUT2D eigenvalue weighted by molar-refractivity contribution is -0.285. The fourth-order valence-corrected chi connectivity index (χ4v) is 4.87. The molecule has 4 aromatic rings. The van der Waals surface area contributed by atoms with Gasteiger partial charge in [-0.25, -0.2) is 9.97 Å². The highest BCUT2D eigenvalue weighted by Gasteiger charge is 2.57. The summed E-state index contributed by atoms with van der Waals surface area (Å²) in [5, 5.41) is 24.8. The largest absolute Gasteiger partial charge is 0.481 e. The van der Waals surface area contributed by atoms with Gasteiger partial charge in [0.2, 0.25) is 5.91 Å². The van der Waals surface area contributed by atoms with Gasteiger partial charge in [0.25, 0.3) is 0 Å². The first kappa shape index (κ1) is 30.1. The molecule has 1 amide bonds. The number of nitrogen functional groups attached to an aromatic ring is 1. The van der Waals surface area contributed by atoms with Gasteiger partial charge >= 0.3 is 18.1 Å². The second-order valence-electron chi connectivity index (χ2n) is 10.9. The van der Waals surface area contributed by atoms with Crippen molar-refractivity contribution < 1.29 is 36.6 Å². The molecule has 4 N–H and O–H groups in total. The van der Waals surface area contributed by atoms with Gasteiger partial charge in [0.1, 0.15) is 28.4 Å². The third-order valence-corrected chi connectivity index (χ3v) is 7.52. The molecular formula is C25H23ClF5N9O3. The fraction of sp³-hybridized carbons (Fsp3) is 0.400. The molecule has 4 heterocycles. The molecule has 3 aromatic heterocycles. The molecule has 18 heteroatoms. The smallest absolute Gasteiger partial charge is 0.453 e. The van der Waals surface area contributed by atoms with Gasteiger partial charge in [0, 0.05) is 29.6 Å². The molecule has 12 nitrogen and oxygen atoms in total. The zero-order valence-corrected chi connectivity index (χ0v) is 23.4. The van der Waals surface area contributed by atoms with E-state index < -0.39 is 47.8 Å². The second kappa shape index (κ2) is 9.82. The summed E-state index contributed by atoms with van der Waals surface area (Å²) in [6.07, 6.45) is -5.90. The summed E-state index contributed by atoms with van der Waals surface area (Å²) in [6.45, 7) is 3.66. The third-order valence-electron chi connectivity index (χ3n) is 7.29. The summed E-state index contributed by atoms with van der Waals surface area (Å²) in [7, 11) is 0. The molecule has 0 saturated carbocycles. The van der Waals surface area contributed by atoms with Crippen molar-refractivity contribution in [2.75, 3.05) is 11.1 Å². The average molecular weight is 628 g/mol. The minimum absolute atomic E-state index is 0.00110. The number of carboxylic acid groups (broad SMARTS) is 1. The number of hydrogen-bond donors (Lipinski definition) is 3. The van der Waals surface area contributed by atoms with Gasteiger partial charge in [-0.1, -0.05) is 16.8 Å². The monoisotopic (exact) mass is 627 g/mol. The van der Waals surface area contributed by atoms with Crippen LogP contribution >= 0.6 is 11.6 Å². The number of aryl methyl sites for hydroxylation is 1. The van der Waals surface area contributed by atoms with Gasteiger partial charge < -0.3 is 16.2 Å². The minimum atomic E-state index is -5.74. The number of carbonyl (C=O) groups is 2. The molecule has 5 rings (SSSR count). The Balaban J connectivity index is 1.55. The molecule has 1 aliphatic heterocycles. The van der Waals surface area contributed by atoms with Crippen LogP contribution in [0.3, 0.4) is 0 Å². The highest BCUT2D eigenvalue weighted by atomic mass is 35.5. The van der Waals surface area contributed by atoms with Crippen molar-refractivity contribution in [1.82, 2.24) is 34.7 Å². The Kier molecular flexibility index (Phi) is 6.86. The van der Waals surface area contributed by atoms with Gasteiger partial charge in [-0.15, -0.1) is 5.10 Å². The normalized spacial score (nSPS) is 17.4. The molecular weight excluding hydrogens is 605 g/mol. The SMILES string of the molecule is CC(C)(Cn1cc(C2(C)C(=O)Nc3nc(-c4nn(CCC(F)(F)C(F)(F)F)c5cc(Cl)ccc45)nc(N)c32)nn1)C(=O)O. The van der Waals surface area contributed by atoms with Gasteiger partial charge in [-0.2, -0.15) is 27.1 Å². The number of anilines is 2. The number of halogens is 6. The first-order valence-corrected chi connectivity index (χ1v) is 13.0. The van der Waals surface area contributed by atoms with Crippen LogP contribution in [-0.4, -0.2) is 63.8 Å². The number of amides is 1. The molecule has 43 heavy (non-hydrogen) atoms. The number of aromatic nitrogens is 7. The number of nitrogens with one attached hydrogen (secondary N) is 1. The first-order chi connectivity index (χ1) is 19.8. The molecule has 0 fully saturated rings. The Bertz CT molecular complexity index is 1790. The van der Waals surface area contributed by atoms with Gasteiger partial charge in [-0.05, 0) is 39.0 Å². The van der Waals surface area contributed by atoms with Crippen molar-refractivity contribution in [2.45, 2.75) is 57.8 Å². The van der Waals surface area contributed by atoms with E-state index in [9.17, 15) is 36.6 Å². The molecule has 0 bridgehead atoms. The van der Waals surface area contributed by atoms with Crippen molar-refractivity contribution in [3.8, 4) is 11.5 Å². The lowest BCUT2D eigenvalue weighted by atomic mass is 9.81. The van der Waals surface area contributed by atoms with E-state index in [0.29, 0.717) is 0 Å². The Morgan fingerprint density at radius 2 is 1.88 bits per heavy atom. The molecule has 1 unspecified atom stereocenters. The second-order valence-corrected chi connectivity index (χ2v) is 11.3. The lowest BCUT2D eigenvalue weighted by Gasteiger charge is -2.20. The predicted octanol–water partition coefficient (Wildman–Crippen LogP) is 4.28. The fourth-order valence-electron chi connectivity index (χ4n) is 4.71. The molecule has 0 radical (unpaired) electrons. The minimum Gasteiger partial charge on any atom is -0.481 e. The summed E-state index contributed by atoms with van der Waals surface area (Å²) in [5.41, 5.74) is 4.06. The number of fused-ring (bicyclic) bond motifs is 2. The highest BCUT2D eigenvalue weighted by molar-refractivity contribution is 6.31. The lowest BCUT2D eigenvalue weighted by Crippen LogP contribution is -2.37. The molecule has 228 valence electrons. The number of hydrogen-bond acceptors (Lipinski definition) is 8. The molecule has 1 atom stereocenters. The number of rotatable bonds is 8. The number of nitrogens with zero attached hydrogens (tertiary/aromatic N) is 7. The Morgan fingerprint density at radius 3 is 2.53 bits per heavy atom. The van der Waals surface area contributed by atoms with Crippen LogP contribution < -0.4 is 11.1 Å². The standard InChI is InChI=1S/C25H23ClF5N9O3/c1-22(2,21(42)43)10-39-9-14(36-38-39)23(3)15-17(32)33-19(34-18(15)35-20(23)41)16-12-5-4-11(26)8-13(12)40(37-16)7-6-24(27,28)25(29,30)31/h4-5,8-9H,6-7,10H2,1-3H3,(H,42,43)(H3,32,33,34,35,41). The van der Waals surface area contributed by atoms with Crippen LogP contribution in [0.2, 0.25) is 5.02 Å². The maximum Gasteiger partial charge on any atom is 0.453 e. The van der Waals surface area contributed by atoms with E-state index in [0.717, 1.165) is 4.68 Å². The topological polar surface area (TPSA) is 167 Å². The third kappa shape index (κ3) is 5.00. The number of aliphatic carboxylic acids is 1. The Hall–Kier alpha value is -4.41. The van der Waals surface area contributed by atoms with Crippen LogP contribution in [0.1, 0.15) is 38.4 Å². The number of carboxylic acids is 1. The van der Waals surface area contributed by atoms with Crippen LogP contribution in [0.15, 0.2) is 24.4 Å². The van der Waals surface area contributed by atoms with Crippen molar-refractivity contribution >= 4 is 46.0 Å². The number of nitrogens with two attached hydrogens (primary N) is 1. The molecule has 0 saturated heterocycles. The van der Waals surface area contributed by atoms with Crippen LogP contribution in [0.4, 0.5) is 33.6 Å². The average Bonchev–Trinajstić information content (AvgIpc) is 3.57. The number of benzene rings is 1. The van der Waals surface area contributed by atoms with Crippen molar-refractivity contribution in [2.24, 2.45) is 5.41 Å². The van der Waals surface area contributed by atoms with Gasteiger partial charge in [0.05, 0.1) is 23.0 Å². The van der Waals surface area contributed by atoms with Crippen molar-refractivity contribution in [1.29, 1.82) is 0 Å². The molecule has 1 aromatic carbocycles. The summed E-state index contributed by atoms with van der Waals surface area (Å²) < 4.78 is 67.9. The Morgan fingerprint density at radius 1 is 1.19 bits per heavy atom. The summed E-state index contributed by atoms with van der Waals surface area (Å²) in [5.74, 6) is -6.91. The zero-order valence-electron chi connectivity index (χ0n) is 22.7. The maximum atomic E-state index is 13.7. The van der Waals surface area contributed by atoms with Crippen LogP contribution in [0.25, 0.3) is 22.4 Å². The van der Waals surface area contributed by atoms with Crippen molar-refractivity contribution in [3.63, 3.8) is 0 Å². The van der Waals surface area contributed by atoms with Gasteiger partial charge in [0.15, 0.2) is 5.82 Å². The van der Waals surface area contributed by atoms with E-state index in [2.05, 4.69) is 30.7 Å². The number of carbonyl (C=O) groups excluding carboxylic acids is 1. The zero-order chi connectivity index (χ0) is 31.7. The molecule has 1 aliphatic rings. The number of alkyl halides is 5. The van der Waals surface area contributed by atoms with E-state index in [-0.39, 0.29) is 56.9 Å². The Labute approximate surface area is 244 Å². The van der Waals surface area contributed by atoms with E-state index in [1.54, 1.807) is 0 Å². The van der Waals surface area contributed by atoms with Crippen molar-refractivity contribution in [3.05, 3.63) is 40.7 Å². The van der Waals surface area contributed by atoms with E-state index >= 15 is 0 Å². The van der Waals surface area contributed by atoms with E-state index in [4.69, 9.17) is 17.3 Å². The molecule has 0 aliphatic carbocycles. The quantitative estimate of drug-likeness (QED) is 0.242. The van der Waals surface area contributed by atoms with E-state index in [1.807, 2.05) is 0 Å². The first-order valence-electron chi connectivity index (χ1n) is 12.6. The predicted molar refractivity (Wildman–Crippen MR) is 142 cm³/mol. The highest BCUT2D eigenvalue weighted by Crippen LogP contribution is 2.45. The van der Waals surface area contributed by atoms with Crippen LogP contribution in [-0.2, 0) is 28.1 Å².